The predicted molar refractivity (Wildman–Crippen MR) is 77.8 cm³/mol. The molecule has 1 N–H and O–H groups in total. The largest absolute Gasteiger partial charge is 0.356 e. The van der Waals surface area contributed by atoms with Crippen LogP contribution >= 0.6 is 0 Å². The fourth-order valence-corrected chi connectivity index (χ4v) is 1.68. The highest BCUT2D eigenvalue weighted by Gasteiger charge is 2.12. The number of hydrogen-bond donors (Lipinski definition) is 1. The summed E-state index contributed by atoms with van der Waals surface area (Å²) >= 11 is 0. The molecular formula is C15H23N3O2. The molecule has 0 saturated carbocycles. The summed E-state index contributed by atoms with van der Waals surface area (Å²) in [6, 6.07) is 5.59. The van der Waals surface area contributed by atoms with Gasteiger partial charge >= 0.3 is 0 Å². The maximum atomic E-state index is 11.7. The van der Waals surface area contributed by atoms with Crippen LogP contribution < -0.4 is 5.32 Å². The molecule has 1 rings (SSSR count). The number of rotatable bonds is 7. The number of pyridine rings is 1. The highest BCUT2D eigenvalue weighted by atomic mass is 16.2. The van der Waals surface area contributed by atoms with Crippen molar-refractivity contribution in [3.8, 4) is 0 Å². The molecule has 0 aliphatic heterocycles. The van der Waals surface area contributed by atoms with Gasteiger partial charge in [-0.05, 0) is 18.1 Å². The standard InChI is InChI=1S/C15H23N3O2/c1-12(2)10-17-15(20)7-9-18(13(3)19)11-14-6-4-5-8-16-14/h4-6,8,12H,7,9-11H2,1-3H3,(H,17,20). The van der Waals surface area contributed by atoms with E-state index >= 15 is 0 Å². The topological polar surface area (TPSA) is 62.3 Å². The van der Waals surface area contributed by atoms with Crippen LogP contribution in [0, 0.1) is 5.92 Å². The Bertz CT molecular complexity index is 432. The maximum Gasteiger partial charge on any atom is 0.221 e. The molecule has 110 valence electrons. The number of hydrogen-bond acceptors (Lipinski definition) is 3. The Morgan fingerprint density at radius 2 is 2.10 bits per heavy atom. The van der Waals surface area contributed by atoms with Crippen molar-refractivity contribution in [3.05, 3.63) is 30.1 Å². The third-order valence-corrected chi connectivity index (χ3v) is 2.84. The molecule has 0 aromatic carbocycles. The molecule has 5 heteroatoms. The smallest absolute Gasteiger partial charge is 0.221 e. The zero-order valence-electron chi connectivity index (χ0n) is 12.4. The number of nitrogens with one attached hydrogen (secondary N) is 1. The first kappa shape index (κ1) is 16.1. The van der Waals surface area contributed by atoms with Crippen LogP contribution in [0.5, 0.6) is 0 Å². The van der Waals surface area contributed by atoms with E-state index < -0.39 is 0 Å². The zero-order chi connectivity index (χ0) is 15.0. The minimum Gasteiger partial charge on any atom is -0.356 e. The van der Waals surface area contributed by atoms with Crippen LogP contribution in [-0.4, -0.2) is 34.8 Å². The van der Waals surface area contributed by atoms with E-state index in [4.69, 9.17) is 0 Å². The van der Waals surface area contributed by atoms with Gasteiger partial charge in [-0.1, -0.05) is 19.9 Å². The van der Waals surface area contributed by atoms with Crippen molar-refractivity contribution in [1.82, 2.24) is 15.2 Å². The number of amides is 2. The Labute approximate surface area is 120 Å². The van der Waals surface area contributed by atoms with E-state index in [-0.39, 0.29) is 11.8 Å². The molecule has 0 bridgehead atoms. The molecule has 0 unspecified atom stereocenters. The second-order valence-electron chi connectivity index (χ2n) is 5.21. The third-order valence-electron chi connectivity index (χ3n) is 2.84. The Morgan fingerprint density at radius 3 is 2.65 bits per heavy atom. The van der Waals surface area contributed by atoms with E-state index in [1.165, 1.54) is 6.92 Å². The van der Waals surface area contributed by atoms with Gasteiger partial charge in [0.25, 0.3) is 0 Å². The molecule has 1 aromatic rings. The van der Waals surface area contributed by atoms with E-state index in [1.54, 1.807) is 11.1 Å². The lowest BCUT2D eigenvalue weighted by Crippen LogP contribution is -2.34. The summed E-state index contributed by atoms with van der Waals surface area (Å²) in [4.78, 5) is 29.1. The highest BCUT2D eigenvalue weighted by molar-refractivity contribution is 5.77. The molecule has 0 aliphatic rings. The normalized spacial score (nSPS) is 10.4. The molecule has 0 radical (unpaired) electrons. The van der Waals surface area contributed by atoms with Gasteiger partial charge in [0.2, 0.25) is 11.8 Å². The number of carbonyl (C=O) groups excluding carboxylic acids is 2. The average molecular weight is 277 g/mol. The first-order valence-corrected chi connectivity index (χ1v) is 6.91. The molecule has 5 nitrogen and oxygen atoms in total. The van der Waals surface area contributed by atoms with Crippen molar-refractivity contribution in [2.24, 2.45) is 5.92 Å². The summed E-state index contributed by atoms with van der Waals surface area (Å²) in [6.07, 6.45) is 2.02. The van der Waals surface area contributed by atoms with Crippen molar-refractivity contribution in [2.75, 3.05) is 13.1 Å². The molecular weight excluding hydrogens is 254 g/mol. The lowest BCUT2D eigenvalue weighted by molar-refractivity contribution is -0.130. The van der Waals surface area contributed by atoms with E-state index in [2.05, 4.69) is 10.3 Å². The van der Waals surface area contributed by atoms with Crippen LogP contribution in [0.2, 0.25) is 0 Å². The Balaban J connectivity index is 2.44. The Kier molecular flexibility index (Phi) is 6.70. The fourth-order valence-electron chi connectivity index (χ4n) is 1.68. The van der Waals surface area contributed by atoms with Gasteiger partial charge in [0.1, 0.15) is 0 Å². The number of carbonyl (C=O) groups is 2. The van der Waals surface area contributed by atoms with Crippen molar-refractivity contribution in [1.29, 1.82) is 0 Å². The Hall–Kier alpha value is -1.91. The SMILES string of the molecule is CC(=O)N(CCC(=O)NCC(C)C)Cc1ccccn1. The van der Waals surface area contributed by atoms with Crippen molar-refractivity contribution >= 4 is 11.8 Å². The summed E-state index contributed by atoms with van der Waals surface area (Å²) < 4.78 is 0. The molecule has 0 atom stereocenters. The van der Waals surface area contributed by atoms with E-state index in [0.29, 0.717) is 32.0 Å². The number of aromatic nitrogens is 1. The van der Waals surface area contributed by atoms with Gasteiger partial charge in [0.15, 0.2) is 0 Å². The molecule has 0 aliphatic carbocycles. The zero-order valence-corrected chi connectivity index (χ0v) is 12.4. The van der Waals surface area contributed by atoms with Crippen LogP contribution in [0.4, 0.5) is 0 Å². The molecule has 2 amide bonds. The van der Waals surface area contributed by atoms with Gasteiger partial charge in [-0.15, -0.1) is 0 Å². The molecule has 0 saturated heterocycles. The lowest BCUT2D eigenvalue weighted by atomic mass is 10.2. The average Bonchev–Trinajstić information content (AvgIpc) is 2.42. The summed E-state index contributed by atoms with van der Waals surface area (Å²) in [5, 5.41) is 2.85. The second kappa shape index (κ2) is 8.30. The van der Waals surface area contributed by atoms with Gasteiger partial charge in [-0.2, -0.15) is 0 Å². The Morgan fingerprint density at radius 1 is 1.35 bits per heavy atom. The third kappa shape index (κ3) is 6.31. The van der Waals surface area contributed by atoms with E-state index in [9.17, 15) is 9.59 Å². The summed E-state index contributed by atoms with van der Waals surface area (Å²) in [5.41, 5.74) is 0.824. The summed E-state index contributed by atoms with van der Waals surface area (Å²) in [7, 11) is 0. The molecule has 0 spiro atoms. The van der Waals surface area contributed by atoms with Gasteiger partial charge < -0.3 is 10.2 Å². The van der Waals surface area contributed by atoms with E-state index in [1.807, 2.05) is 32.0 Å². The minimum atomic E-state index is -0.0488. The van der Waals surface area contributed by atoms with E-state index in [0.717, 1.165) is 5.69 Å². The lowest BCUT2D eigenvalue weighted by Gasteiger charge is -2.20. The number of nitrogens with zero attached hydrogens (tertiary/aromatic N) is 2. The maximum absolute atomic E-state index is 11.7. The minimum absolute atomic E-state index is 0.0222. The predicted octanol–water partition coefficient (Wildman–Crippen LogP) is 1.59. The van der Waals surface area contributed by atoms with Crippen molar-refractivity contribution < 1.29 is 9.59 Å². The van der Waals surface area contributed by atoms with Crippen molar-refractivity contribution in [2.45, 2.75) is 33.7 Å². The van der Waals surface area contributed by atoms with Gasteiger partial charge in [0, 0.05) is 32.6 Å². The second-order valence-corrected chi connectivity index (χ2v) is 5.21. The van der Waals surface area contributed by atoms with Crippen LogP contribution in [-0.2, 0) is 16.1 Å². The molecule has 1 aromatic heterocycles. The summed E-state index contributed by atoms with van der Waals surface area (Å²) in [6.45, 7) is 7.12. The van der Waals surface area contributed by atoms with Gasteiger partial charge in [0.05, 0.1) is 12.2 Å². The molecule has 1 heterocycles. The highest BCUT2D eigenvalue weighted by Crippen LogP contribution is 2.03. The molecule has 20 heavy (non-hydrogen) atoms. The van der Waals surface area contributed by atoms with Crippen LogP contribution in [0.3, 0.4) is 0 Å². The monoisotopic (exact) mass is 277 g/mol. The fraction of sp³-hybridized carbons (Fsp3) is 0.533. The van der Waals surface area contributed by atoms with Crippen LogP contribution in [0.25, 0.3) is 0 Å². The van der Waals surface area contributed by atoms with Gasteiger partial charge in [-0.3, -0.25) is 14.6 Å². The first-order chi connectivity index (χ1) is 9.49. The first-order valence-electron chi connectivity index (χ1n) is 6.91. The molecule has 0 fully saturated rings. The van der Waals surface area contributed by atoms with Gasteiger partial charge in [-0.25, -0.2) is 0 Å². The summed E-state index contributed by atoms with van der Waals surface area (Å²) in [5.74, 6) is 0.356. The van der Waals surface area contributed by atoms with Crippen molar-refractivity contribution in [3.63, 3.8) is 0 Å². The quantitative estimate of drug-likeness (QED) is 0.823. The van der Waals surface area contributed by atoms with Crippen LogP contribution in [0.1, 0.15) is 32.9 Å². The van der Waals surface area contributed by atoms with Crippen LogP contribution in [0.15, 0.2) is 24.4 Å².